The molecule has 0 bridgehead atoms. The fourth-order valence-electron chi connectivity index (χ4n) is 2.59. The molecule has 0 atom stereocenters. The summed E-state index contributed by atoms with van der Waals surface area (Å²) in [6.45, 7) is 3.44. The number of nitrogens with one attached hydrogen (secondary N) is 2. The Labute approximate surface area is 166 Å². The number of hydrogen-bond donors (Lipinski definition) is 2. The number of aromatic nitrogens is 2. The van der Waals surface area contributed by atoms with Crippen LogP contribution in [0.1, 0.15) is 29.4 Å². The van der Waals surface area contributed by atoms with E-state index in [1.54, 1.807) is 38.1 Å². The van der Waals surface area contributed by atoms with Gasteiger partial charge in [-0.25, -0.2) is 9.07 Å². The first-order valence-corrected chi connectivity index (χ1v) is 8.99. The Balaban J connectivity index is 1.79. The number of benzene rings is 2. The first-order valence-electron chi connectivity index (χ1n) is 8.61. The van der Waals surface area contributed by atoms with Gasteiger partial charge in [0.15, 0.2) is 0 Å². The highest BCUT2D eigenvalue weighted by atomic mass is 35.5. The van der Waals surface area contributed by atoms with E-state index in [0.29, 0.717) is 29.2 Å². The van der Waals surface area contributed by atoms with Crippen molar-refractivity contribution in [2.75, 3.05) is 10.6 Å². The van der Waals surface area contributed by atoms with Gasteiger partial charge < -0.3 is 10.6 Å². The maximum atomic E-state index is 13.1. The Bertz CT molecular complexity index is 1010. The highest BCUT2D eigenvalue weighted by molar-refractivity contribution is 6.34. The van der Waals surface area contributed by atoms with Crippen molar-refractivity contribution in [1.29, 1.82) is 0 Å². The topological polar surface area (TPSA) is 76.0 Å². The smallest absolute Gasteiger partial charge is 0.260 e. The number of rotatable bonds is 5. The average molecular weight is 401 g/mol. The van der Waals surface area contributed by atoms with E-state index in [1.807, 2.05) is 0 Å². The molecule has 0 fully saturated rings. The predicted molar refractivity (Wildman–Crippen MR) is 107 cm³/mol. The van der Waals surface area contributed by atoms with Gasteiger partial charge in [0.2, 0.25) is 5.91 Å². The first-order chi connectivity index (χ1) is 13.4. The molecule has 8 heteroatoms. The zero-order chi connectivity index (χ0) is 20.3. The fraction of sp³-hybridized carbons (Fsp3) is 0.150. The molecule has 0 unspecified atom stereocenters. The molecule has 3 aromatic rings. The first kappa shape index (κ1) is 19.6. The number of nitrogens with zero attached hydrogens (tertiary/aromatic N) is 2. The molecule has 28 heavy (non-hydrogen) atoms. The molecular formula is C20H18ClFN4O2. The predicted octanol–water partition coefficient (Wildman–Crippen LogP) is 4.57. The van der Waals surface area contributed by atoms with Crippen LogP contribution in [0.4, 0.5) is 15.8 Å². The number of aryl methyl sites for hydroxylation is 1. The van der Waals surface area contributed by atoms with E-state index in [1.165, 1.54) is 28.9 Å². The minimum atomic E-state index is -0.416. The van der Waals surface area contributed by atoms with Crippen LogP contribution >= 0.6 is 11.6 Å². The van der Waals surface area contributed by atoms with E-state index in [0.717, 1.165) is 0 Å². The van der Waals surface area contributed by atoms with Crippen molar-refractivity contribution in [3.63, 3.8) is 0 Å². The Hall–Kier alpha value is -3.19. The summed E-state index contributed by atoms with van der Waals surface area (Å²) in [4.78, 5) is 24.1. The van der Waals surface area contributed by atoms with E-state index in [9.17, 15) is 14.0 Å². The molecule has 0 spiro atoms. The normalized spacial score (nSPS) is 10.6. The second-order valence-electron chi connectivity index (χ2n) is 6.07. The van der Waals surface area contributed by atoms with E-state index >= 15 is 0 Å². The minimum Gasteiger partial charge on any atom is -0.326 e. The van der Waals surface area contributed by atoms with Gasteiger partial charge in [0.1, 0.15) is 16.5 Å². The van der Waals surface area contributed by atoms with E-state index in [4.69, 9.17) is 11.6 Å². The number of amides is 2. The number of carbonyl (C=O) groups excluding carboxylic acids is 2. The van der Waals surface area contributed by atoms with E-state index in [2.05, 4.69) is 15.7 Å². The van der Waals surface area contributed by atoms with Crippen molar-refractivity contribution in [1.82, 2.24) is 9.78 Å². The maximum Gasteiger partial charge on any atom is 0.260 e. The quantitative estimate of drug-likeness (QED) is 0.658. The van der Waals surface area contributed by atoms with E-state index in [-0.39, 0.29) is 22.4 Å². The Kier molecular flexibility index (Phi) is 5.75. The van der Waals surface area contributed by atoms with Gasteiger partial charge in [-0.15, -0.1) is 0 Å². The molecule has 2 N–H and O–H groups in total. The summed E-state index contributed by atoms with van der Waals surface area (Å²) in [6.07, 6.45) is 0.383. The van der Waals surface area contributed by atoms with Crippen LogP contribution in [0.3, 0.4) is 0 Å². The largest absolute Gasteiger partial charge is 0.326 e. The van der Waals surface area contributed by atoms with Gasteiger partial charge in [-0.3, -0.25) is 9.59 Å². The van der Waals surface area contributed by atoms with Crippen LogP contribution in [-0.4, -0.2) is 21.6 Å². The van der Waals surface area contributed by atoms with Crippen LogP contribution in [0.25, 0.3) is 5.69 Å². The van der Waals surface area contributed by atoms with Crippen molar-refractivity contribution in [3.05, 3.63) is 70.8 Å². The van der Waals surface area contributed by atoms with E-state index < -0.39 is 5.91 Å². The minimum absolute atomic E-state index is 0.0904. The fourth-order valence-corrected chi connectivity index (χ4v) is 2.95. The molecule has 0 saturated carbocycles. The summed E-state index contributed by atoms with van der Waals surface area (Å²) in [7, 11) is 0. The number of carbonyl (C=O) groups is 2. The standard InChI is InChI=1S/C20H18ClFN4O2/c1-3-17(27)23-14-6-8-15(9-7-14)24-20(28)18-12(2)25-26(19(18)21)16-10-4-13(22)5-11-16/h4-11H,3H2,1-2H3,(H,23,27)(H,24,28). The van der Waals surface area contributed by atoms with Crippen LogP contribution in [0, 0.1) is 12.7 Å². The van der Waals surface area contributed by atoms with Crippen LogP contribution < -0.4 is 10.6 Å². The summed E-state index contributed by atoms with van der Waals surface area (Å²) in [5.74, 6) is -0.881. The van der Waals surface area contributed by atoms with Crippen molar-refractivity contribution in [2.45, 2.75) is 20.3 Å². The average Bonchev–Trinajstić information content (AvgIpc) is 2.98. The second-order valence-corrected chi connectivity index (χ2v) is 6.43. The molecule has 2 amide bonds. The number of halogens is 2. The molecule has 3 rings (SSSR count). The molecule has 0 radical (unpaired) electrons. The molecule has 144 valence electrons. The summed E-state index contributed by atoms with van der Waals surface area (Å²) >= 11 is 6.36. The molecule has 2 aromatic carbocycles. The molecule has 1 aromatic heterocycles. The second kappa shape index (κ2) is 8.22. The van der Waals surface area contributed by atoms with Crippen molar-refractivity contribution >= 4 is 34.8 Å². The lowest BCUT2D eigenvalue weighted by Crippen LogP contribution is -2.13. The Morgan fingerprint density at radius 1 is 1.04 bits per heavy atom. The monoisotopic (exact) mass is 400 g/mol. The molecule has 0 aliphatic rings. The van der Waals surface area contributed by atoms with Crippen LogP contribution in [0.5, 0.6) is 0 Å². The van der Waals surface area contributed by atoms with Crippen LogP contribution in [-0.2, 0) is 4.79 Å². The number of hydrogen-bond acceptors (Lipinski definition) is 3. The lowest BCUT2D eigenvalue weighted by Gasteiger charge is -2.08. The molecule has 1 heterocycles. The Morgan fingerprint density at radius 2 is 1.61 bits per heavy atom. The van der Waals surface area contributed by atoms with Gasteiger partial charge in [-0.1, -0.05) is 18.5 Å². The lowest BCUT2D eigenvalue weighted by molar-refractivity contribution is -0.115. The van der Waals surface area contributed by atoms with Crippen LogP contribution in [0.15, 0.2) is 48.5 Å². The summed E-state index contributed by atoms with van der Waals surface area (Å²) in [5.41, 5.74) is 2.41. The van der Waals surface area contributed by atoms with Crippen molar-refractivity contribution < 1.29 is 14.0 Å². The zero-order valence-corrected chi connectivity index (χ0v) is 16.0. The molecule has 0 aliphatic heterocycles. The number of anilines is 2. The van der Waals surface area contributed by atoms with Gasteiger partial charge in [-0.05, 0) is 55.5 Å². The summed E-state index contributed by atoms with van der Waals surface area (Å²) in [5, 5.41) is 9.91. The van der Waals surface area contributed by atoms with Gasteiger partial charge in [-0.2, -0.15) is 5.10 Å². The summed E-state index contributed by atoms with van der Waals surface area (Å²) in [6, 6.07) is 12.4. The van der Waals surface area contributed by atoms with Crippen molar-refractivity contribution in [2.24, 2.45) is 0 Å². The zero-order valence-electron chi connectivity index (χ0n) is 15.3. The third-order valence-electron chi connectivity index (χ3n) is 4.05. The van der Waals surface area contributed by atoms with Gasteiger partial charge >= 0.3 is 0 Å². The highest BCUT2D eigenvalue weighted by Gasteiger charge is 2.21. The highest BCUT2D eigenvalue weighted by Crippen LogP contribution is 2.25. The summed E-state index contributed by atoms with van der Waals surface area (Å²) < 4.78 is 14.5. The van der Waals surface area contributed by atoms with Gasteiger partial charge in [0.25, 0.3) is 5.91 Å². The SMILES string of the molecule is CCC(=O)Nc1ccc(NC(=O)c2c(C)nn(-c3ccc(F)cc3)c2Cl)cc1. The molecule has 0 saturated heterocycles. The maximum absolute atomic E-state index is 13.1. The molecule has 0 aliphatic carbocycles. The Morgan fingerprint density at radius 3 is 2.18 bits per heavy atom. The van der Waals surface area contributed by atoms with Gasteiger partial charge in [0, 0.05) is 17.8 Å². The molecule has 6 nitrogen and oxygen atoms in total. The van der Waals surface area contributed by atoms with Crippen LogP contribution in [0.2, 0.25) is 5.15 Å². The third kappa shape index (κ3) is 4.20. The molecular weight excluding hydrogens is 383 g/mol. The lowest BCUT2D eigenvalue weighted by atomic mass is 10.2. The van der Waals surface area contributed by atoms with Crippen molar-refractivity contribution in [3.8, 4) is 5.69 Å². The third-order valence-corrected chi connectivity index (χ3v) is 4.40. The van der Waals surface area contributed by atoms with Gasteiger partial charge in [0.05, 0.1) is 11.4 Å².